The molecule has 3 N–H and O–H groups in total. The van der Waals surface area contributed by atoms with Crippen molar-refractivity contribution in [1.29, 1.82) is 10.5 Å². The van der Waals surface area contributed by atoms with Gasteiger partial charge in [-0.2, -0.15) is 10.5 Å². The predicted octanol–water partition coefficient (Wildman–Crippen LogP) is 2.37. The summed E-state index contributed by atoms with van der Waals surface area (Å²) in [4.78, 5) is 8.25. The van der Waals surface area contributed by atoms with Crippen molar-refractivity contribution in [1.82, 2.24) is 15.3 Å². The van der Waals surface area contributed by atoms with Crippen LogP contribution in [0.5, 0.6) is 0 Å². The molecule has 0 saturated carbocycles. The summed E-state index contributed by atoms with van der Waals surface area (Å²) >= 11 is 9.79. The fraction of sp³-hybridized carbons (Fsp3) is 0.167. The highest BCUT2D eigenvalue weighted by molar-refractivity contribution is 7.84. The molecule has 1 aliphatic heterocycles. The number of nitriles is 2. The van der Waals surface area contributed by atoms with E-state index < -0.39 is 17.4 Å². The minimum atomic E-state index is -1.39. The Morgan fingerprint density at radius 3 is 2.27 bits per heavy atom. The Balaban J connectivity index is 2.34. The second-order valence-electron chi connectivity index (χ2n) is 5.80. The monoisotopic (exact) mass is 378 g/mol. The number of pyridine rings is 2. The maximum Gasteiger partial charge on any atom is 0.143 e. The summed E-state index contributed by atoms with van der Waals surface area (Å²) in [7, 11) is 0. The van der Waals surface area contributed by atoms with Crippen LogP contribution < -0.4 is 11.1 Å². The Bertz CT molecular complexity index is 945. The van der Waals surface area contributed by atoms with Gasteiger partial charge in [-0.05, 0) is 23.3 Å². The van der Waals surface area contributed by atoms with Crippen molar-refractivity contribution < 1.29 is 0 Å². The summed E-state index contributed by atoms with van der Waals surface area (Å²) in [5, 5.41) is 23.5. The minimum absolute atomic E-state index is 0.0104. The fourth-order valence-electron chi connectivity index (χ4n) is 3.31. The molecule has 3 rings (SSSR count). The van der Waals surface area contributed by atoms with Crippen molar-refractivity contribution >= 4 is 29.8 Å². The highest BCUT2D eigenvalue weighted by Gasteiger charge is 2.55. The zero-order valence-electron chi connectivity index (χ0n) is 13.5. The van der Waals surface area contributed by atoms with Gasteiger partial charge < -0.3 is 11.1 Å². The van der Waals surface area contributed by atoms with Crippen molar-refractivity contribution in [2.75, 3.05) is 0 Å². The van der Waals surface area contributed by atoms with Gasteiger partial charge in [0.2, 0.25) is 0 Å². The third-order valence-electron chi connectivity index (χ3n) is 4.48. The Kier molecular flexibility index (Phi) is 4.90. The normalized spacial score (nSPS) is 24.9. The molecule has 0 bridgehead atoms. The van der Waals surface area contributed by atoms with Crippen LogP contribution in [-0.2, 0) is 0 Å². The second kappa shape index (κ2) is 7.12. The van der Waals surface area contributed by atoms with Crippen LogP contribution in [0.1, 0.15) is 23.1 Å². The van der Waals surface area contributed by atoms with Crippen molar-refractivity contribution in [3.63, 3.8) is 0 Å². The molecule has 6 nitrogen and oxygen atoms in total. The maximum absolute atomic E-state index is 10.2. The molecule has 26 heavy (non-hydrogen) atoms. The number of nitrogens with two attached hydrogens (primary N) is 1. The lowest BCUT2D eigenvalue weighted by atomic mass is 9.62. The Morgan fingerprint density at radius 2 is 1.81 bits per heavy atom. The smallest absolute Gasteiger partial charge is 0.143 e. The molecule has 3 heterocycles. The first kappa shape index (κ1) is 17.9. The number of nitrogens with zero attached hydrogens (tertiary/aromatic N) is 4. The van der Waals surface area contributed by atoms with Crippen LogP contribution in [0.25, 0.3) is 0 Å². The Morgan fingerprint density at radius 1 is 1.19 bits per heavy atom. The van der Waals surface area contributed by atoms with Gasteiger partial charge in [0.15, 0.2) is 0 Å². The van der Waals surface area contributed by atoms with Crippen LogP contribution in [0.2, 0.25) is 0 Å². The van der Waals surface area contributed by atoms with Crippen molar-refractivity contribution in [2.24, 2.45) is 11.1 Å². The van der Waals surface area contributed by atoms with Gasteiger partial charge in [0.25, 0.3) is 0 Å². The highest BCUT2D eigenvalue weighted by atomic mass is 32.1. The van der Waals surface area contributed by atoms with Gasteiger partial charge in [-0.15, -0.1) is 12.6 Å². The van der Waals surface area contributed by atoms with Gasteiger partial charge in [0, 0.05) is 24.8 Å². The summed E-state index contributed by atoms with van der Waals surface area (Å²) in [6.45, 7) is 0. The number of hydrogen-bond donors (Lipinski definition) is 3. The first-order chi connectivity index (χ1) is 12.6. The van der Waals surface area contributed by atoms with E-state index >= 15 is 0 Å². The molecule has 0 saturated heterocycles. The van der Waals surface area contributed by atoms with Crippen LogP contribution in [0.15, 0.2) is 59.7 Å². The van der Waals surface area contributed by atoms with Gasteiger partial charge in [-0.25, -0.2) is 0 Å². The molecule has 128 valence electrons. The molecule has 0 aliphatic carbocycles. The Labute approximate surface area is 161 Å². The van der Waals surface area contributed by atoms with Crippen LogP contribution in [0.4, 0.5) is 0 Å². The average molecular weight is 378 g/mol. The van der Waals surface area contributed by atoms with E-state index in [1.54, 1.807) is 43.0 Å². The number of nitrogens with one attached hydrogen (secondary N) is 1. The molecule has 0 spiro atoms. The summed E-state index contributed by atoms with van der Waals surface area (Å²) in [5.41, 5.74) is 6.39. The topological polar surface area (TPSA) is 111 Å². The van der Waals surface area contributed by atoms with E-state index in [4.69, 9.17) is 18.0 Å². The SMILES string of the molecule is N#CC1=C(S)N[C@@H](c2cccnc2)[C@](C#N)(C(N)=S)[C@@H]1c1cccnc1. The van der Waals surface area contributed by atoms with E-state index in [1.807, 2.05) is 6.07 Å². The fourth-order valence-corrected chi connectivity index (χ4v) is 3.90. The summed E-state index contributed by atoms with van der Waals surface area (Å²) in [5.74, 6) is -0.706. The van der Waals surface area contributed by atoms with E-state index in [2.05, 4.69) is 40.1 Å². The summed E-state index contributed by atoms with van der Waals surface area (Å²) in [6.07, 6.45) is 6.51. The van der Waals surface area contributed by atoms with Crippen LogP contribution in [0.3, 0.4) is 0 Å². The van der Waals surface area contributed by atoms with E-state index in [9.17, 15) is 10.5 Å². The van der Waals surface area contributed by atoms with Gasteiger partial charge >= 0.3 is 0 Å². The lowest BCUT2D eigenvalue weighted by Gasteiger charge is -2.45. The summed E-state index contributed by atoms with van der Waals surface area (Å²) in [6, 6.07) is 11.0. The maximum atomic E-state index is 10.2. The molecule has 3 atom stereocenters. The molecule has 2 aromatic rings. The number of hydrogen-bond acceptors (Lipinski definition) is 7. The molecule has 0 aromatic carbocycles. The highest BCUT2D eigenvalue weighted by Crippen LogP contribution is 2.53. The number of thiocarbonyl (C=S) groups is 1. The molecule has 0 radical (unpaired) electrons. The van der Waals surface area contributed by atoms with E-state index in [-0.39, 0.29) is 10.6 Å². The van der Waals surface area contributed by atoms with Gasteiger partial charge in [0.05, 0.1) is 39.7 Å². The van der Waals surface area contributed by atoms with Gasteiger partial charge in [-0.1, -0.05) is 24.4 Å². The molecule has 0 amide bonds. The third kappa shape index (κ3) is 2.70. The van der Waals surface area contributed by atoms with Crippen molar-refractivity contribution in [3.8, 4) is 12.1 Å². The lowest BCUT2D eigenvalue weighted by Crippen LogP contribution is -2.52. The molecule has 0 unspecified atom stereocenters. The molecule has 0 fully saturated rings. The average Bonchev–Trinajstić information content (AvgIpc) is 2.68. The molecular weight excluding hydrogens is 364 g/mol. The standard InChI is InChI=1S/C18H14N6S2/c19-7-13-14(11-3-1-5-22-8-11)18(10-20,17(21)26)15(24-16(13)25)12-4-2-6-23-9-12/h1-6,8-9,14-15,24-25H,(H2,21,26)/t14-,15+,18-/m1/s1. The number of aromatic nitrogens is 2. The molecule has 2 aromatic heterocycles. The summed E-state index contributed by atoms with van der Waals surface area (Å²) < 4.78 is 0. The first-order valence-electron chi connectivity index (χ1n) is 7.67. The predicted molar refractivity (Wildman–Crippen MR) is 104 cm³/mol. The van der Waals surface area contributed by atoms with Gasteiger partial charge in [-0.3, -0.25) is 9.97 Å². The molecular formula is C18H14N6S2. The van der Waals surface area contributed by atoms with Gasteiger partial charge in [0.1, 0.15) is 5.41 Å². The first-order valence-corrected chi connectivity index (χ1v) is 8.52. The lowest BCUT2D eigenvalue weighted by molar-refractivity contribution is 0.332. The van der Waals surface area contributed by atoms with E-state index in [1.165, 1.54) is 0 Å². The zero-order chi connectivity index (χ0) is 18.7. The van der Waals surface area contributed by atoms with Crippen LogP contribution in [0, 0.1) is 28.1 Å². The second-order valence-corrected chi connectivity index (χ2v) is 6.69. The van der Waals surface area contributed by atoms with Crippen LogP contribution in [-0.4, -0.2) is 15.0 Å². The quantitative estimate of drug-likeness (QED) is 0.555. The molecule has 8 heteroatoms. The largest absolute Gasteiger partial charge is 0.392 e. The Hall–Kier alpha value is -2.94. The zero-order valence-corrected chi connectivity index (χ0v) is 15.2. The minimum Gasteiger partial charge on any atom is -0.392 e. The van der Waals surface area contributed by atoms with E-state index in [0.717, 1.165) is 5.56 Å². The third-order valence-corrected chi connectivity index (χ3v) is 5.19. The van der Waals surface area contributed by atoms with Crippen molar-refractivity contribution in [3.05, 3.63) is 70.8 Å². The number of allylic oxidation sites excluding steroid dienone is 1. The van der Waals surface area contributed by atoms with Crippen molar-refractivity contribution in [2.45, 2.75) is 12.0 Å². The number of rotatable bonds is 3. The molecule has 1 aliphatic rings. The van der Waals surface area contributed by atoms with Crippen LogP contribution >= 0.6 is 24.8 Å². The van der Waals surface area contributed by atoms with E-state index in [0.29, 0.717) is 10.6 Å². The number of thiol groups is 1.